The van der Waals surface area contributed by atoms with Gasteiger partial charge in [0.1, 0.15) is 5.58 Å². The number of hydrogen-bond acceptors (Lipinski definition) is 3. The van der Waals surface area contributed by atoms with E-state index in [2.05, 4.69) is 11.4 Å². The summed E-state index contributed by atoms with van der Waals surface area (Å²) >= 11 is 0. The molecule has 2 N–H and O–H groups in total. The third-order valence-electron chi connectivity index (χ3n) is 2.84. The summed E-state index contributed by atoms with van der Waals surface area (Å²) in [6.07, 6.45) is 5.16. The Balaban J connectivity index is 2.02. The predicted octanol–water partition coefficient (Wildman–Crippen LogP) is 3.19. The van der Waals surface area contributed by atoms with Gasteiger partial charge in [0.25, 0.3) is 0 Å². The van der Waals surface area contributed by atoms with Crippen molar-refractivity contribution in [3.63, 3.8) is 0 Å². The zero-order valence-corrected chi connectivity index (χ0v) is 10.8. The van der Waals surface area contributed by atoms with Crippen molar-refractivity contribution in [2.45, 2.75) is 19.9 Å². The van der Waals surface area contributed by atoms with Gasteiger partial charge >= 0.3 is 5.97 Å². The standard InChI is InChI=1S/C15H17NO3/c1-2-3-4-7-16-10-11-5-6-13-12(8-11)9-14(19-13)15(17)18/h2-3,5-6,8-9,16H,4,7,10H2,1H3,(H,17,18)/b3-2+. The zero-order valence-electron chi connectivity index (χ0n) is 10.8. The van der Waals surface area contributed by atoms with Gasteiger partial charge in [0.05, 0.1) is 0 Å². The van der Waals surface area contributed by atoms with Crippen LogP contribution in [0.3, 0.4) is 0 Å². The number of hydrogen-bond donors (Lipinski definition) is 2. The quantitative estimate of drug-likeness (QED) is 0.617. The first-order chi connectivity index (χ1) is 9.20. The lowest BCUT2D eigenvalue weighted by molar-refractivity contribution is 0.0665. The van der Waals surface area contributed by atoms with E-state index in [9.17, 15) is 4.79 Å². The molecular weight excluding hydrogens is 242 g/mol. The van der Waals surface area contributed by atoms with Crippen LogP contribution in [0.2, 0.25) is 0 Å². The molecule has 0 radical (unpaired) electrons. The van der Waals surface area contributed by atoms with E-state index < -0.39 is 5.97 Å². The summed E-state index contributed by atoms with van der Waals surface area (Å²) in [5, 5.41) is 13.0. The number of aromatic carboxylic acids is 1. The van der Waals surface area contributed by atoms with Gasteiger partial charge in [-0.25, -0.2) is 4.79 Å². The van der Waals surface area contributed by atoms with Crippen molar-refractivity contribution >= 4 is 16.9 Å². The maximum absolute atomic E-state index is 10.8. The Morgan fingerprint density at radius 1 is 1.42 bits per heavy atom. The van der Waals surface area contributed by atoms with Crippen LogP contribution in [-0.4, -0.2) is 17.6 Å². The van der Waals surface area contributed by atoms with Crippen LogP contribution in [0.25, 0.3) is 11.0 Å². The number of nitrogens with one attached hydrogen (secondary N) is 1. The molecule has 0 spiro atoms. The summed E-state index contributed by atoms with van der Waals surface area (Å²) in [6, 6.07) is 7.26. The molecule has 1 aromatic carbocycles. The minimum absolute atomic E-state index is 0.0202. The first-order valence-corrected chi connectivity index (χ1v) is 6.28. The van der Waals surface area contributed by atoms with Gasteiger partial charge in [-0.2, -0.15) is 0 Å². The topological polar surface area (TPSA) is 62.5 Å². The Hall–Kier alpha value is -2.07. The summed E-state index contributed by atoms with van der Waals surface area (Å²) in [7, 11) is 0. The highest BCUT2D eigenvalue weighted by Gasteiger charge is 2.10. The number of furan rings is 1. The van der Waals surface area contributed by atoms with Crippen LogP contribution in [0.15, 0.2) is 40.8 Å². The lowest BCUT2D eigenvalue weighted by atomic mass is 10.1. The van der Waals surface area contributed by atoms with Gasteiger partial charge in [0.15, 0.2) is 0 Å². The third kappa shape index (κ3) is 3.45. The van der Waals surface area contributed by atoms with Crippen LogP contribution < -0.4 is 5.32 Å². The summed E-state index contributed by atoms with van der Waals surface area (Å²) in [6.45, 7) is 3.70. The molecule has 0 aliphatic carbocycles. The molecule has 2 rings (SSSR count). The zero-order chi connectivity index (χ0) is 13.7. The van der Waals surface area contributed by atoms with Gasteiger partial charge < -0.3 is 14.8 Å². The number of rotatable bonds is 6. The van der Waals surface area contributed by atoms with E-state index in [-0.39, 0.29) is 5.76 Å². The molecule has 0 unspecified atom stereocenters. The molecule has 0 saturated heterocycles. The van der Waals surface area contributed by atoms with E-state index in [1.807, 2.05) is 31.2 Å². The van der Waals surface area contributed by atoms with Crippen LogP contribution in [-0.2, 0) is 6.54 Å². The second kappa shape index (κ2) is 6.20. The maximum atomic E-state index is 10.8. The molecule has 2 aromatic rings. The lowest BCUT2D eigenvalue weighted by Gasteiger charge is -2.03. The molecule has 0 fully saturated rings. The lowest BCUT2D eigenvalue weighted by Crippen LogP contribution is -2.13. The molecule has 0 aliphatic heterocycles. The molecule has 1 aromatic heterocycles. The fourth-order valence-corrected chi connectivity index (χ4v) is 1.89. The van der Waals surface area contributed by atoms with Crippen molar-refractivity contribution in [1.29, 1.82) is 0 Å². The molecule has 0 bridgehead atoms. The average Bonchev–Trinajstić information content (AvgIpc) is 2.82. The molecule has 4 nitrogen and oxygen atoms in total. The summed E-state index contributed by atoms with van der Waals surface area (Å²) in [4.78, 5) is 10.8. The summed E-state index contributed by atoms with van der Waals surface area (Å²) in [5.74, 6) is -1.06. The van der Waals surface area contributed by atoms with E-state index in [1.165, 1.54) is 0 Å². The Labute approximate surface area is 111 Å². The fourth-order valence-electron chi connectivity index (χ4n) is 1.89. The molecule has 1 heterocycles. The van der Waals surface area contributed by atoms with Crippen molar-refractivity contribution in [1.82, 2.24) is 5.32 Å². The second-order valence-electron chi connectivity index (χ2n) is 4.32. The van der Waals surface area contributed by atoms with Crippen LogP contribution in [0, 0.1) is 0 Å². The Bertz CT molecular complexity index is 598. The van der Waals surface area contributed by atoms with Crippen molar-refractivity contribution in [3.05, 3.63) is 47.7 Å². The van der Waals surface area contributed by atoms with Gasteiger partial charge in [-0.3, -0.25) is 0 Å². The van der Waals surface area contributed by atoms with Gasteiger partial charge in [-0.05, 0) is 43.7 Å². The molecule has 0 aliphatic rings. The number of carboxylic acid groups (broad SMARTS) is 1. The Morgan fingerprint density at radius 3 is 3.00 bits per heavy atom. The summed E-state index contributed by atoms with van der Waals surface area (Å²) < 4.78 is 5.21. The van der Waals surface area contributed by atoms with Crippen molar-refractivity contribution in [2.24, 2.45) is 0 Å². The number of carboxylic acids is 1. The van der Waals surface area contributed by atoms with Gasteiger partial charge in [-0.15, -0.1) is 0 Å². The number of carbonyl (C=O) groups is 1. The predicted molar refractivity (Wildman–Crippen MR) is 74.3 cm³/mol. The van der Waals surface area contributed by atoms with Crippen LogP contribution in [0.4, 0.5) is 0 Å². The normalized spacial score (nSPS) is 11.4. The number of allylic oxidation sites excluding steroid dienone is 1. The first kappa shape index (κ1) is 13.4. The van der Waals surface area contributed by atoms with Crippen molar-refractivity contribution < 1.29 is 14.3 Å². The second-order valence-corrected chi connectivity index (χ2v) is 4.32. The summed E-state index contributed by atoms with van der Waals surface area (Å²) in [5.41, 5.74) is 1.72. The van der Waals surface area contributed by atoms with E-state index >= 15 is 0 Å². The molecule has 0 amide bonds. The average molecular weight is 259 g/mol. The van der Waals surface area contributed by atoms with Crippen molar-refractivity contribution in [3.8, 4) is 0 Å². The minimum Gasteiger partial charge on any atom is -0.475 e. The van der Waals surface area contributed by atoms with Crippen LogP contribution in [0.1, 0.15) is 29.5 Å². The van der Waals surface area contributed by atoms with Crippen LogP contribution in [0.5, 0.6) is 0 Å². The largest absolute Gasteiger partial charge is 0.475 e. The molecular formula is C15H17NO3. The third-order valence-corrected chi connectivity index (χ3v) is 2.84. The van der Waals surface area contributed by atoms with Gasteiger partial charge in [-0.1, -0.05) is 18.2 Å². The monoisotopic (exact) mass is 259 g/mol. The van der Waals surface area contributed by atoms with E-state index in [4.69, 9.17) is 9.52 Å². The number of fused-ring (bicyclic) bond motifs is 1. The molecule has 4 heteroatoms. The maximum Gasteiger partial charge on any atom is 0.371 e. The van der Waals surface area contributed by atoms with E-state index in [1.54, 1.807) is 6.07 Å². The smallest absolute Gasteiger partial charge is 0.371 e. The van der Waals surface area contributed by atoms with Gasteiger partial charge in [0.2, 0.25) is 5.76 Å². The minimum atomic E-state index is -1.04. The highest BCUT2D eigenvalue weighted by molar-refractivity contribution is 5.91. The molecule has 19 heavy (non-hydrogen) atoms. The molecule has 0 saturated carbocycles. The van der Waals surface area contributed by atoms with E-state index in [0.717, 1.165) is 30.5 Å². The number of benzene rings is 1. The van der Waals surface area contributed by atoms with Gasteiger partial charge in [0, 0.05) is 11.9 Å². The molecule has 100 valence electrons. The molecule has 0 atom stereocenters. The van der Waals surface area contributed by atoms with Crippen LogP contribution >= 0.6 is 0 Å². The van der Waals surface area contributed by atoms with Crippen molar-refractivity contribution in [2.75, 3.05) is 6.54 Å². The SMILES string of the molecule is C/C=C/CCNCc1ccc2oc(C(=O)O)cc2c1. The Morgan fingerprint density at radius 2 is 2.26 bits per heavy atom. The fraction of sp³-hybridized carbons (Fsp3) is 0.267. The Kier molecular flexibility index (Phi) is 4.36. The highest BCUT2D eigenvalue weighted by Crippen LogP contribution is 2.20. The first-order valence-electron chi connectivity index (χ1n) is 6.28. The highest BCUT2D eigenvalue weighted by atomic mass is 16.4. The van der Waals surface area contributed by atoms with E-state index in [0.29, 0.717) is 5.58 Å².